The Balaban J connectivity index is 2.40. The summed E-state index contributed by atoms with van der Waals surface area (Å²) in [5.41, 5.74) is 0.998. The van der Waals surface area contributed by atoms with Crippen LogP contribution in [0.3, 0.4) is 0 Å². The molecule has 7 nitrogen and oxygen atoms in total. The standard InChI is InChI=1S/C18H22N2O5S2/c1-18(2,3)16-7-6-12(11-19-16)17(21)20-13-8-14(26(4,22)23)10-15(9-13)27(5,24)25/h6-11H,1-5H3,(H,20,21). The number of sulfone groups is 2. The van der Waals surface area contributed by atoms with Crippen LogP contribution in [0.25, 0.3) is 0 Å². The van der Waals surface area contributed by atoms with Crippen molar-refractivity contribution < 1.29 is 21.6 Å². The number of hydrogen-bond acceptors (Lipinski definition) is 6. The van der Waals surface area contributed by atoms with Gasteiger partial charge in [0.05, 0.1) is 15.4 Å². The molecule has 1 heterocycles. The fourth-order valence-electron chi connectivity index (χ4n) is 2.25. The van der Waals surface area contributed by atoms with Gasteiger partial charge in [0, 0.05) is 35.5 Å². The van der Waals surface area contributed by atoms with Crippen LogP contribution < -0.4 is 5.32 Å². The van der Waals surface area contributed by atoms with Gasteiger partial charge in [-0.25, -0.2) is 16.8 Å². The van der Waals surface area contributed by atoms with Gasteiger partial charge in [0.1, 0.15) is 0 Å². The summed E-state index contributed by atoms with van der Waals surface area (Å²) in [6, 6.07) is 6.86. The van der Waals surface area contributed by atoms with Crippen LogP contribution in [0.5, 0.6) is 0 Å². The van der Waals surface area contributed by atoms with Crippen LogP contribution in [0.1, 0.15) is 36.8 Å². The Labute approximate surface area is 159 Å². The maximum absolute atomic E-state index is 12.4. The molecule has 0 aliphatic rings. The second-order valence-electron chi connectivity index (χ2n) is 7.37. The number of benzene rings is 1. The molecule has 0 saturated carbocycles. The van der Waals surface area contributed by atoms with Crippen molar-refractivity contribution in [3.05, 3.63) is 47.8 Å². The van der Waals surface area contributed by atoms with Crippen molar-refractivity contribution in [2.75, 3.05) is 17.8 Å². The van der Waals surface area contributed by atoms with E-state index in [-0.39, 0.29) is 26.5 Å². The summed E-state index contributed by atoms with van der Waals surface area (Å²) in [6.45, 7) is 6.00. The van der Waals surface area contributed by atoms with E-state index in [0.717, 1.165) is 24.3 Å². The molecule has 1 aromatic carbocycles. The highest BCUT2D eigenvalue weighted by atomic mass is 32.2. The largest absolute Gasteiger partial charge is 0.322 e. The first-order valence-electron chi connectivity index (χ1n) is 8.01. The number of rotatable bonds is 4. The molecule has 0 unspecified atom stereocenters. The van der Waals surface area contributed by atoms with Crippen molar-refractivity contribution in [1.29, 1.82) is 0 Å². The summed E-state index contributed by atoms with van der Waals surface area (Å²) < 4.78 is 47.3. The fourth-order valence-corrected chi connectivity index (χ4v) is 3.69. The van der Waals surface area contributed by atoms with E-state index in [2.05, 4.69) is 10.3 Å². The zero-order valence-corrected chi connectivity index (χ0v) is 17.4. The van der Waals surface area contributed by atoms with Gasteiger partial charge in [-0.15, -0.1) is 0 Å². The monoisotopic (exact) mass is 410 g/mol. The van der Waals surface area contributed by atoms with Crippen LogP contribution in [0, 0.1) is 0 Å². The smallest absolute Gasteiger partial charge is 0.257 e. The first-order chi connectivity index (χ1) is 12.2. The average molecular weight is 411 g/mol. The van der Waals surface area contributed by atoms with Crippen LogP contribution in [-0.2, 0) is 25.1 Å². The lowest BCUT2D eigenvalue weighted by atomic mass is 9.91. The molecule has 0 fully saturated rings. The van der Waals surface area contributed by atoms with Gasteiger partial charge < -0.3 is 5.32 Å². The third-order valence-corrected chi connectivity index (χ3v) is 5.97. The summed E-state index contributed by atoms with van der Waals surface area (Å²) in [4.78, 5) is 16.3. The second-order valence-corrected chi connectivity index (χ2v) is 11.4. The van der Waals surface area contributed by atoms with Crippen LogP contribution in [0.15, 0.2) is 46.3 Å². The number of aromatic nitrogens is 1. The Morgan fingerprint density at radius 2 is 1.44 bits per heavy atom. The molecule has 146 valence electrons. The van der Waals surface area contributed by atoms with E-state index in [9.17, 15) is 21.6 Å². The van der Waals surface area contributed by atoms with Gasteiger partial charge in [-0.3, -0.25) is 9.78 Å². The summed E-state index contributed by atoms with van der Waals surface area (Å²) in [6.07, 6.45) is 3.36. The van der Waals surface area contributed by atoms with Crippen LogP contribution >= 0.6 is 0 Å². The number of pyridine rings is 1. The highest BCUT2D eigenvalue weighted by Crippen LogP contribution is 2.23. The van der Waals surface area contributed by atoms with Crippen molar-refractivity contribution in [2.45, 2.75) is 36.0 Å². The third kappa shape index (κ3) is 5.36. The first-order valence-corrected chi connectivity index (χ1v) is 11.8. The van der Waals surface area contributed by atoms with E-state index in [1.54, 1.807) is 12.1 Å². The topological polar surface area (TPSA) is 110 Å². The van der Waals surface area contributed by atoms with E-state index in [0.29, 0.717) is 0 Å². The maximum atomic E-state index is 12.4. The Morgan fingerprint density at radius 1 is 0.926 bits per heavy atom. The highest BCUT2D eigenvalue weighted by Gasteiger charge is 2.18. The Kier molecular flexibility index (Phi) is 5.49. The zero-order chi connectivity index (χ0) is 20.6. The molecule has 0 bridgehead atoms. The Hall–Kier alpha value is -2.26. The van der Waals surface area contributed by atoms with Gasteiger partial charge in [0.2, 0.25) is 0 Å². The molecule has 1 aromatic heterocycles. The Morgan fingerprint density at radius 3 is 1.81 bits per heavy atom. The van der Waals surface area contributed by atoms with Gasteiger partial charge >= 0.3 is 0 Å². The van der Waals surface area contributed by atoms with Gasteiger partial charge in [-0.2, -0.15) is 0 Å². The fraction of sp³-hybridized carbons (Fsp3) is 0.333. The molecule has 1 N–H and O–H groups in total. The zero-order valence-electron chi connectivity index (χ0n) is 15.8. The molecule has 0 atom stereocenters. The van der Waals surface area contributed by atoms with Crippen LogP contribution in [-0.4, -0.2) is 40.2 Å². The number of nitrogens with zero attached hydrogens (tertiary/aromatic N) is 1. The number of carbonyl (C=O) groups is 1. The van der Waals surface area contributed by atoms with Crippen molar-refractivity contribution in [1.82, 2.24) is 4.98 Å². The summed E-state index contributed by atoms with van der Waals surface area (Å²) >= 11 is 0. The van der Waals surface area contributed by atoms with Gasteiger partial charge in [-0.1, -0.05) is 20.8 Å². The quantitative estimate of drug-likeness (QED) is 0.829. The molecule has 2 aromatic rings. The molecule has 0 radical (unpaired) electrons. The van der Waals surface area contributed by atoms with E-state index in [1.807, 2.05) is 20.8 Å². The van der Waals surface area contributed by atoms with E-state index < -0.39 is 25.6 Å². The number of carbonyl (C=O) groups excluding carboxylic acids is 1. The lowest BCUT2D eigenvalue weighted by Gasteiger charge is -2.17. The van der Waals surface area contributed by atoms with Crippen LogP contribution in [0.2, 0.25) is 0 Å². The van der Waals surface area contributed by atoms with Gasteiger partial charge in [0.25, 0.3) is 5.91 Å². The number of nitrogens with one attached hydrogen (secondary N) is 1. The molecule has 0 aliphatic heterocycles. The third-order valence-electron chi connectivity index (χ3n) is 3.79. The molecule has 0 aliphatic carbocycles. The molecular weight excluding hydrogens is 388 g/mol. The predicted molar refractivity (Wildman–Crippen MR) is 104 cm³/mol. The molecule has 27 heavy (non-hydrogen) atoms. The minimum absolute atomic E-state index is 0.0725. The molecule has 1 amide bonds. The average Bonchev–Trinajstić information content (AvgIpc) is 2.52. The van der Waals surface area contributed by atoms with Gasteiger partial charge in [0.15, 0.2) is 19.7 Å². The molecule has 0 saturated heterocycles. The first kappa shape index (κ1) is 21.0. The molecule has 0 spiro atoms. The van der Waals surface area contributed by atoms with E-state index >= 15 is 0 Å². The summed E-state index contributed by atoms with van der Waals surface area (Å²) in [7, 11) is -7.32. The molecule has 2 rings (SSSR count). The van der Waals surface area contributed by atoms with Crippen molar-refractivity contribution in [3.8, 4) is 0 Å². The van der Waals surface area contributed by atoms with E-state index in [1.165, 1.54) is 18.3 Å². The summed E-state index contributed by atoms with van der Waals surface area (Å²) in [5.74, 6) is -0.520. The van der Waals surface area contributed by atoms with Crippen molar-refractivity contribution in [3.63, 3.8) is 0 Å². The lowest BCUT2D eigenvalue weighted by molar-refractivity contribution is 0.102. The number of anilines is 1. The number of amides is 1. The number of hydrogen-bond donors (Lipinski definition) is 1. The van der Waals surface area contributed by atoms with E-state index in [4.69, 9.17) is 0 Å². The maximum Gasteiger partial charge on any atom is 0.257 e. The second kappa shape index (κ2) is 7.05. The summed E-state index contributed by atoms with van der Waals surface area (Å²) in [5, 5.41) is 2.53. The minimum Gasteiger partial charge on any atom is -0.322 e. The molecular formula is C18H22N2O5S2. The molecule has 9 heteroatoms. The predicted octanol–water partition coefficient (Wildman–Crippen LogP) is 2.44. The minimum atomic E-state index is -3.66. The van der Waals surface area contributed by atoms with Gasteiger partial charge in [-0.05, 0) is 30.3 Å². The van der Waals surface area contributed by atoms with Crippen molar-refractivity contribution in [2.24, 2.45) is 0 Å². The van der Waals surface area contributed by atoms with Crippen LogP contribution in [0.4, 0.5) is 5.69 Å². The highest BCUT2D eigenvalue weighted by molar-refractivity contribution is 7.91. The Bertz CT molecular complexity index is 1030. The lowest BCUT2D eigenvalue weighted by Crippen LogP contribution is -2.16. The normalized spacial score (nSPS) is 12.6. The van der Waals surface area contributed by atoms with Crippen molar-refractivity contribution >= 4 is 31.3 Å². The SMILES string of the molecule is CC(C)(C)c1ccc(C(=O)Nc2cc(S(C)(=O)=O)cc(S(C)(=O)=O)c2)cn1.